The molecular formula is C6H3Br3IN. The Kier molecular flexibility index (Phi) is 4.14. The first-order valence-electron chi connectivity index (χ1n) is 2.68. The monoisotopic (exact) mass is 453 g/mol. The van der Waals surface area contributed by atoms with Gasteiger partial charge in [0.15, 0.2) is 0 Å². The zero-order valence-corrected chi connectivity index (χ0v) is 12.1. The SMILES string of the molecule is Brc1cccc(N(Br)I)c1Br. The summed E-state index contributed by atoms with van der Waals surface area (Å²) in [7, 11) is 0. The van der Waals surface area contributed by atoms with Gasteiger partial charge in [0.2, 0.25) is 0 Å². The second kappa shape index (κ2) is 4.43. The maximum atomic E-state index is 3.46. The molecule has 0 heterocycles. The Morgan fingerprint density at radius 3 is 2.36 bits per heavy atom. The number of nitrogens with zero attached hydrogens (tertiary/aromatic N) is 1. The van der Waals surface area contributed by atoms with E-state index >= 15 is 0 Å². The van der Waals surface area contributed by atoms with Gasteiger partial charge in [-0.2, -0.15) is 0 Å². The van der Waals surface area contributed by atoms with Gasteiger partial charge >= 0.3 is 0 Å². The van der Waals surface area contributed by atoms with E-state index in [1.807, 2.05) is 20.3 Å². The minimum Gasteiger partial charge on any atom is -0.248 e. The van der Waals surface area contributed by atoms with Gasteiger partial charge in [-0.25, -0.2) is 2.14 Å². The van der Waals surface area contributed by atoms with Crippen LogP contribution in [0.3, 0.4) is 0 Å². The molecular weight excluding hydrogens is 453 g/mol. The minimum absolute atomic E-state index is 1.05. The van der Waals surface area contributed by atoms with Gasteiger partial charge in [0.05, 0.1) is 49.2 Å². The molecule has 0 saturated carbocycles. The summed E-state index contributed by atoms with van der Waals surface area (Å²) >= 11 is 12.4. The number of halogens is 4. The van der Waals surface area contributed by atoms with Crippen LogP contribution in [-0.2, 0) is 0 Å². The van der Waals surface area contributed by atoms with Gasteiger partial charge in [0, 0.05) is 4.47 Å². The molecule has 0 aliphatic rings. The molecule has 0 aliphatic heterocycles. The van der Waals surface area contributed by atoms with Crippen LogP contribution in [0.2, 0.25) is 0 Å². The maximum Gasteiger partial charge on any atom is 0.0733 e. The molecule has 0 fully saturated rings. The Morgan fingerprint density at radius 1 is 1.27 bits per heavy atom. The molecule has 0 bridgehead atoms. The standard InChI is InChI=1S/C6H3Br3IN/c7-4-2-1-3-5(6(4)8)11(9)10/h1-3H. The van der Waals surface area contributed by atoms with Crippen molar-refractivity contribution in [1.82, 2.24) is 0 Å². The highest BCUT2D eigenvalue weighted by atomic mass is 127. The molecule has 1 rings (SSSR count). The molecule has 1 aromatic rings. The van der Waals surface area contributed by atoms with Crippen molar-refractivity contribution in [3.8, 4) is 0 Å². The number of hydrogen-bond donors (Lipinski definition) is 0. The zero-order valence-electron chi connectivity index (χ0n) is 5.19. The molecule has 5 heteroatoms. The van der Waals surface area contributed by atoms with Crippen molar-refractivity contribution >= 4 is 76.6 Å². The Morgan fingerprint density at radius 2 is 1.91 bits per heavy atom. The highest BCUT2D eigenvalue weighted by Gasteiger charge is 2.05. The lowest BCUT2D eigenvalue weighted by molar-refractivity contribution is 1.55. The average Bonchev–Trinajstić information content (AvgIpc) is 1.94. The first kappa shape index (κ1) is 10.3. The van der Waals surface area contributed by atoms with E-state index in [2.05, 4.69) is 70.9 Å². The van der Waals surface area contributed by atoms with Gasteiger partial charge < -0.3 is 0 Å². The van der Waals surface area contributed by atoms with Crippen molar-refractivity contribution < 1.29 is 0 Å². The molecule has 11 heavy (non-hydrogen) atoms. The predicted octanol–water partition coefficient (Wildman–Crippen LogP) is 4.68. The molecule has 0 aliphatic carbocycles. The normalized spacial score (nSPS) is 9.82. The lowest BCUT2D eigenvalue weighted by Crippen LogP contribution is -1.90. The Bertz CT molecular complexity index is 264. The lowest BCUT2D eigenvalue weighted by atomic mass is 10.3. The van der Waals surface area contributed by atoms with E-state index < -0.39 is 0 Å². The fourth-order valence-electron chi connectivity index (χ4n) is 0.623. The van der Waals surface area contributed by atoms with Crippen LogP contribution in [0.4, 0.5) is 5.69 Å². The predicted molar refractivity (Wildman–Crippen MR) is 67.3 cm³/mol. The Labute approximate surface area is 105 Å². The fraction of sp³-hybridized carbons (Fsp3) is 0. The first-order valence-corrected chi connectivity index (χ1v) is 5.94. The topological polar surface area (TPSA) is 3.24 Å². The summed E-state index contributed by atoms with van der Waals surface area (Å²) in [4.78, 5) is 0. The van der Waals surface area contributed by atoms with Crippen molar-refractivity contribution in [3.05, 3.63) is 27.1 Å². The largest absolute Gasteiger partial charge is 0.248 e. The van der Waals surface area contributed by atoms with Crippen LogP contribution in [0.15, 0.2) is 27.1 Å². The fourth-order valence-corrected chi connectivity index (χ4v) is 2.69. The third kappa shape index (κ3) is 2.57. The van der Waals surface area contributed by atoms with Crippen molar-refractivity contribution in [2.75, 3.05) is 2.14 Å². The summed E-state index contributed by atoms with van der Waals surface area (Å²) in [5, 5.41) is 0. The van der Waals surface area contributed by atoms with Crippen molar-refractivity contribution in [2.45, 2.75) is 0 Å². The Balaban J connectivity index is 3.17. The molecule has 0 radical (unpaired) electrons. The van der Waals surface area contributed by atoms with Gasteiger partial charge in [-0.15, -0.1) is 0 Å². The molecule has 0 N–H and O–H groups in total. The van der Waals surface area contributed by atoms with E-state index in [9.17, 15) is 0 Å². The van der Waals surface area contributed by atoms with Gasteiger partial charge in [0.25, 0.3) is 0 Å². The number of rotatable bonds is 1. The molecule has 0 spiro atoms. The lowest BCUT2D eigenvalue weighted by Gasteiger charge is -2.09. The first-order chi connectivity index (χ1) is 5.13. The van der Waals surface area contributed by atoms with Crippen LogP contribution >= 0.6 is 70.9 Å². The van der Waals surface area contributed by atoms with Crippen LogP contribution in [0, 0.1) is 0 Å². The van der Waals surface area contributed by atoms with E-state index in [-0.39, 0.29) is 0 Å². The van der Waals surface area contributed by atoms with Crippen LogP contribution in [0.25, 0.3) is 0 Å². The second-order valence-electron chi connectivity index (χ2n) is 1.81. The number of hydrogen-bond acceptors (Lipinski definition) is 1. The molecule has 0 unspecified atom stereocenters. The summed E-state index contributed by atoms with van der Waals surface area (Å²) in [5.41, 5.74) is 1.08. The molecule has 0 amide bonds. The molecule has 0 aromatic heterocycles. The smallest absolute Gasteiger partial charge is 0.0733 e. The van der Waals surface area contributed by atoms with Gasteiger partial charge in [0.1, 0.15) is 0 Å². The van der Waals surface area contributed by atoms with Crippen LogP contribution in [-0.4, -0.2) is 0 Å². The summed E-state index contributed by atoms with van der Waals surface area (Å²) in [6, 6.07) is 5.98. The van der Waals surface area contributed by atoms with E-state index in [1.54, 1.807) is 0 Å². The summed E-state index contributed by atoms with van der Waals surface area (Å²) < 4.78 is 3.95. The highest BCUT2D eigenvalue weighted by molar-refractivity contribution is 14.1. The van der Waals surface area contributed by atoms with Gasteiger partial charge in [-0.05, 0) is 44.0 Å². The Hall–Kier alpha value is 1.19. The van der Waals surface area contributed by atoms with E-state index in [1.165, 1.54) is 0 Å². The average molecular weight is 456 g/mol. The van der Waals surface area contributed by atoms with Crippen molar-refractivity contribution in [3.63, 3.8) is 0 Å². The molecule has 1 nitrogen and oxygen atoms in total. The maximum absolute atomic E-state index is 3.46. The van der Waals surface area contributed by atoms with Crippen molar-refractivity contribution in [1.29, 1.82) is 0 Å². The van der Waals surface area contributed by atoms with E-state index in [0.717, 1.165) is 14.6 Å². The quantitative estimate of drug-likeness (QED) is 0.439. The van der Waals surface area contributed by atoms with Crippen LogP contribution in [0.1, 0.15) is 0 Å². The van der Waals surface area contributed by atoms with E-state index in [0.29, 0.717) is 0 Å². The third-order valence-electron chi connectivity index (χ3n) is 1.11. The number of anilines is 1. The van der Waals surface area contributed by atoms with Gasteiger partial charge in [-0.1, -0.05) is 6.07 Å². The van der Waals surface area contributed by atoms with Crippen LogP contribution in [0.5, 0.6) is 0 Å². The molecule has 0 atom stereocenters. The highest BCUT2D eigenvalue weighted by Crippen LogP contribution is 2.36. The van der Waals surface area contributed by atoms with Crippen molar-refractivity contribution in [2.24, 2.45) is 0 Å². The number of benzene rings is 1. The summed E-state index contributed by atoms with van der Waals surface area (Å²) in [6.07, 6.45) is 0. The van der Waals surface area contributed by atoms with E-state index in [4.69, 9.17) is 0 Å². The minimum atomic E-state index is 1.05. The summed E-state index contributed by atoms with van der Waals surface area (Å²) in [6.45, 7) is 0. The zero-order chi connectivity index (χ0) is 8.43. The van der Waals surface area contributed by atoms with Gasteiger partial charge in [-0.3, -0.25) is 0 Å². The van der Waals surface area contributed by atoms with Crippen LogP contribution < -0.4 is 2.14 Å². The molecule has 1 aromatic carbocycles. The third-order valence-corrected chi connectivity index (χ3v) is 4.04. The molecule has 60 valence electrons. The second-order valence-corrected chi connectivity index (χ2v) is 6.45. The molecule has 0 saturated heterocycles. The summed E-state index contributed by atoms with van der Waals surface area (Å²) in [5.74, 6) is 0.